The van der Waals surface area contributed by atoms with Gasteiger partial charge in [0.25, 0.3) is 5.91 Å². The van der Waals surface area contributed by atoms with Crippen molar-refractivity contribution in [3.8, 4) is 5.75 Å². The molecule has 1 atom stereocenters. The lowest BCUT2D eigenvalue weighted by Crippen LogP contribution is -2.37. The lowest BCUT2D eigenvalue weighted by Gasteiger charge is -2.19. The van der Waals surface area contributed by atoms with E-state index < -0.39 is 6.10 Å². The smallest absolute Gasteiger partial charge is 0.260 e. The molecular weight excluding hydrogens is 282 g/mol. The summed E-state index contributed by atoms with van der Waals surface area (Å²) in [7, 11) is 0. The molecule has 0 aliphatic carbocycles. The van der Waals surface area contributed by atoms with Crippen LogP contribution in [0.15, 0.2) is 18.2 Å². The van der Waals surface area contributed by atoms with Gasteiger partial charge in [-0.3, -0.25) is 4.79 Å². The number of benzene rings is 1. The number of carbonyl (C=O) groups is 1. The molecule has 1 aromatic carbocycles. The molecule has 3 nitrogen and oxygen atoms in total. The number of nitrogens with one attached hydrogen (secondary N) is 1. The number of ether oxygens (including phenoxy) is 1. The number of hydrogen-bond donors (Lipinski definition) is 1. The van der Waals surface area contributed by atoms with E-state index in [1.54, 1.807) is 6.92 Å². The van der Waals surface area contributed by atoms with Gasteiger partial charge in [-0.1, -0.05) is 32.9 Å². The summed E-state index contributed by atoms with van der Waals surface area (Å²) in [6, 6.07) is 5.89. The van der Waals surface area contributed by atoms with E-state index in [4.69, 9.17) is 4.74 Å². The van der Waals surface area contributed by atoms with Crippen LogP contribution in [0.2, 0.25) is 0 Å². The van der Waals surface area contributed by atoms with E-state index in [9.17, 15) is 4.79 Å². The van der Waals surface area contributed by atoms with Crippen LogP contribution in [0, 0.1) is 13.8 Å². The minimum atomic E-state index is -0.481. The molecule has 0 unspecified atom stereocenters. The predicted molar refractivity (Wildman–Crippen MR) is 91.2 cm³/mol. The highest BCUT2D eigenvalue weighted by molar-refractivity contribution is 8.00. The zero-order valence-corrected chi connectivity index (χ0v) is 14.8. The highest BCUT2D eigenvalue weighted by Gasteiger charge is 2.16. The van der Waals surface area contributed by atoms with Crippen molar-refractivity contribution in [2.75, 3.05) is 12.3 Å². The van der Waals surface area contributed by atoms with Crippen molar-refractivity contribution >= 4 is 17.7 Å². The second kappa shape index (κ2) is 7.74. The average molecular weight is 309 g/mol. The Morgan fingerprint density at radius 1 is 1.33 bits per heavy atom. The Hall–Kier alpha value is -1.16. The van der Waals surface area contributed by atoms with Gasteiger partial charge in [-0.25, -0.2) is 0 Å². The monoisotopic (exact) mass is 309 g/mol. The van der Waals surface area contributed by atoms with E-state index in [1.807, 2.05) is 43.8 Å². The number of rotatable bonds is 6. The van der Waals surface area contributed by atoms with E-state index in [-0.39, 0.29) is 10.7 Å². The Labute approximate surface area is 132 Å². The van der Waals surface area contributed by atoms with Crippen LogP contribution in [-0.2, 0) is 4.79 Å². The van der Waals surface area contributed by atoms with E-state index in [0.717, 1.165) is 17.1 Å². The van der Waals surface area contributed by atoms with Gasteiger partial charge in [0, 0.05) is 17.0 Å². The Kier molecular flexibility index (Phi) is 6.59. The third-order valence-corrected chi connectivity index (χ3v) is 4.44. The molecule has 0 radical (unpaired) electrons. The lowest BCUT2D eigenvalue weighted by atomic mass is 10.1. The fraction of sp³-hybridized carbons (Fsp3) is 0.588. The molecule has 21 heavy (non-hydrogen) atoms. The van der Waals surface area contributed by atoms with Crippen LogP contribution < -0.4 is 10.1 Å². The molecule has 4 heteroatoms. The molecule has 0 aliphatic heterocycles. The minimum absolute atomic E-state index is 0.0644. The first-order chi connectivity index (χ1) is 9.70. The Bertz CT molecular complexity index is 480. The maximum atomic E-state index is 12.0. The number of hydrogen-bond acceptors (Lipinski definition) is 3. The van der Waals surface area contributed by atoms with Crippen LogP contribution in [0.4, 0.5) is 0 Å². The zero-order valence-electron chi connectivity index (χ0n) is 13.9. The number of carbonyl (C=O) groups excluding carboxylic acids is 1. The summed E-state index contributed by atoms with van der Waals surface area (Å²) in [5, 5.41) is 2.92. The second-order valence-corrected chi connectivity index (χ2v) is 8.13. The van der Waals surface area contributed by atoms with Gasteiger partial charge >= 0.3 is 0 Å². The first kappa shape index (κ1) is 17.9. The van der Waals surface area contributed by atoms with Gasteiger partial charge in [0.2, 0.25) is 0 Å². The van der Waals surface area contributed by atoms with Crippen molar-refractivity contribution < 1.29 is 9.53 Å². The summed E-state index contributed by atoms with van der Waals surface area (Å²) in [6.45, 7) is 13.0. The number of amides is 1. The number of thioether (sulfide) groups is 1. The van der Waals surface area contributed by atoms with E-state index >= 15 is 0 Å². The molecule has 118 valence electrons. The van der Waals surface area contributed by atoms with Gasteiger partial charge in [0.15, 0.2) is 6.10 Å². The molecule has 1 amide bonds. The summed E-state index contributed by atoms with van der Waals surface area (Å²) in [6.07, 6.45) is -0.481. The number of aryl methyl sites for hydroxylation is 1. The lowest BCUT2D eigenvalue weighted by molar-refractivity contribution is -0.127. The fourth-order valence-electron chi connectivity index (χ4n) is 1.77. The summed E-state index contributed by atoms with van der Waals surface area (Å²) in [5.74, 6) is 1.62. The Balaban J connectivity index is 2.43. The van der Waals surface area contributed by atoms with Gasteiger partial charge in [0.05, 0.1) is 0 Å². The van der Waals surface area contributed by atoms with Crippen LogP contribution in [-0.4, -0.2) is 29.1 Å². The highest BCUT2D eigenvalue weighted by Crippen LogP contribution is 2.23. The Morgan fingerprint density at radius 3 is 2.62 bits per heavy atom. The molecule has 0 saturated heterocycles. The molecule has 1 rings (SSSR count). The normalized spacial score (nSPS) is 12.9. The van der Waals surface area contributed by atoms with Crippen molar-refractivity contribution in [1.82, 2.24) is 5.32 Å². The van der Waals surface area contributed by atoms with Crippen molar-refractivity contribution in [2.24, 2.45) is 0 Å². The maximum absolute atomic E-state index is 12.0. The Morgan fingerprint density at radius 2 is 2.00 bits per heavy atom. The molecule has 0 heterocycles. The SMILES string of the molecule is Cc1cccc(O[C@@H](C)C(=O)NCCSC(C)(C)C)c1C. The van der Waals surface area contributed by atoms with Gasteiger partial charge in [0.1, 0.15) is 5.75 Å². The van der Waals surface area contributed by atoms with E-state index in [0.29, 0.717) is 6.54 Å². The maximum Gasteiger partial charge on any atom is 0.260 e. The molecule has 0 bridgehead atoms. The third kappa shape index (κ3) is 6.42. The van der Waals surface area contributed by atoms with Crippen LogP contribution in [0.3, 0.4) is 0 Å². The highest BCUT2D eigenvalue weighted by atomic mass is 32.2. The zero-order chi connectivity index (χ0) is 16.0. The minimum Gasteiger partial charge on any atom is -0.481 e. The van der Waals surface area contributed by atoms with Crippen molar-refractivity contribution in [3.05, 3.63) is 29.3 Å². The van der Waals surface area contributed by atoms with E-state index in [1.165, 1.54) is 5.56 Å². The summed E-state index contributed by atoms with van der Waals surface area (Å²) in [5.41, 5.74) is 2.25. The van der Waals surface area contributed by atoms with Gasteiger partial charge < -0.3 is 10.1 Å². The van der Waals surface area contributed by atoms with Crippen LogP contribution >= 0.6 is 11.8 Å². The van der Waals surface area contributed by atoms with Crippen molar-refractivity contribution in [2.45, 2.75) is 52.4 Å². The summed E-state index contributed by atoms with van der Waals surface area (Å²) < 4.78 is 5.99. The van der Waals surface area contributed by atoms with E-state index in [2.05, 4.69) is 26.1 Å². The molecule has 1 aromatic rings. The van der Waals surface area contributed by atoms with Crippen LogP contribution in [0.1, 0.15) is 38.8 Å². The third-order valence-electron chi connectivity index (χ3n) is 3.16. The summed E-state index contributed by atoms with van der Waals surface area (Å²) in [4.78, 5) is 12.0. The van der Waals surface area contributed by atoms with Gasteiger partial charge in [-0.15, -0.1) is 0 Å². The van der Waals surface area contributed by atoms with Gasteiger partial charge in [-0.2, -0.15) is 11.8 Å². The van der Waals surface area contributed by atoms with Crippen molar-refractivity contribution in [1.29, 1.82) is 0 Å². The molecule has 0 aliphatic rings. The predicted octanol–water partition coefficient (Wildman–Crippen LogP) is 3.72. The fourth-order valence-corrected chi connectivity index (χ4v) is 2.59. The standard InChI is InChI=1S/C17H27NO2S/c1-12-8-7-9-15(13(12)2)20-14(3)16(19)18-10-11-21-17(4,5)6/h7-9,14H,10-11H2,1-6H3,(H,18,19)/t14-/m0/s1. The molecular formula is C17H27NO2S. The molecule has 0 spiro atoms. The first-order valence-corrected chi connectivity index (χ1v) is 8.34. The summed E-state index contributed by atoms with van der Waals surface area (Å²) >= 11 is 1.84. The average Bonchev–Trinajstić information content (AvgIpc) is 2.38. The molecule has 1 N–H and O–H groups in total. The van der Waals surface area contributed by atoms with Crippen molar-refractivity contribution in [3.63, 3.8) is 0 Å². The second-order valence-electron chi connectivity index (χ2n) is 6.21. The van der Waals surface area contributed by atoms with Gasteiger partial charge in [-0.05, 0) is 38.0 Å². The topological polar surface area (TPSA) is 38.3 Å². The largest absolute Gasteiger partial charge is 0.481 e. The molecule has 0 fully saturated rings. The van der Waals surface area contributed by atoms with Crippen LogP contribution in [0.5, 0.6) is 5.75 Å². The first-order valence-electron chi connectivity index (χ1n) is 7.35. The quantitative estimate of drug-likeness (QED) is 0.814. The molecule has 0 aromatic heterocycles. The molecule has 0 saturated carbocycles. The van der Waals surface area contributed by atoms with Crippen LogP contribution in [0.25, 0.3) is 0 Å².